The Balaban J connectivity index is 2.05. The van der Waals surface area contributed by atoms with Crippen LogP contribution in [0.25, 0.3) is 0 Å². The number of aliphatic hydroxyl groups is 1. The second kappa shape index (κ2) is 6.15. The van der Waals surface area contributed by atoms with Crippen LogP contribution in [-0.2, 0) is 4.79 Å². The molecule has 0 bridgehead atoms. The van der Waals surface area contributed by atoms with Crippen molar-refractivity contribution in [1.82, 2.24) is 10.3 Å². The molecule has 4 nitrogen and oxygen atoms in total. The summed E-state index contributed by atoms with van der Waals surface area (Å²) in [6.45, 7) is 4.06. The van der Waals surface area contributed by atoms with Crippen LogP contribution in [-0.4, -0.2) is 22.1 Å². The number of rotatable bonds is 5. The lowest BCUT2D eigenvalue weighted by Gasteiger charge is -2.37. The predicted molar refractivity (Wildman–Crippen MR) is 73.3 cm³/mol. The maximum atomic E-state index is 12.0. The SMILES string of the molecule is CC(C)CC(=O)NC(c1ccccn1)C1CC(O)C1. The highest BCUT2D eigenvalue weighted by molar-refractivity contribution is 5.76. The number of nitrogens with one attached hydrogen (secondary N) is 1. The number of carbonyl (C=O) groups is 1. The van der Waals surface area contributed by atoms with Crippen molar-refractivity contribution >= 4 is 5.91 Å². The summed E-state index contributed by atoms with van der Waals surface area (Å²) in [4.78, 5) is 16.3. The number of aliphatic hydroxyl groups excluding tert-OH is 1. The van der Waals surface area contributed by atoms with Gasteiger partial charge in [-0.2, -0.15) is 0 Å². The van der Waals surface area contributed by atoms with E-state index in [1.165, 1.54) is 0 Å². The van der Waals surface area contributed by atoms with Crippen LogP contribution in [0, 0.1) is 11.8 Å². The first-order valence-electron chi connectivity index (χ1n) is 6.94. The Hall–Kier alpha value is -1.42. The molecule has 1 aliphatic rings. The largest absolute Gasteiger partial charge is 0.393 e. The molecule has 1 atom stereocenters. The molecule has 2 N–H and O–H groups in total. The van der Waals surface area contributed by atoms with Crippen LogP contribution in [0.5, 0.6) is 0 Å². The molecule has 0 aliphatic heterocycles. The van der Waals surface area contributed by atoms with E-state index in [0.717, 1.165) is 18.5 Å². The molecule has 0 spiro atoms. The molecular formula is C15H22N2O2. The third-order valence-corrected chi connectivity index (χ3v) is 3.54. The lowest BCUT2D eigenvalue weighted by atomic mass is 9.76. The molecule has 1 aromatic heterocycles. The zero-order valence-electron chi connectivity index (χ0n) is 11.5. The molecule has 0 saturated heterocycles. The van der Waals surface area contributed by atoms with Gasteiger partial charge in [0.05, 0.1) is 17.8 Å². The maximum Gasteiger partial charge on any atom is 0.220 e. The summed E-state index contributed by atoms with van der Waals surface area (Å²) in [5, 5.41) is 12.5. The summed E-state index contributed by atoms with van der Waals surface area (Å²) in [7, 11) is 0. The summed E-state index contributed by atoms with van der Waals surface area (Å²) < 4.78 is 0. The Morgan fingerprint density at radius 2 is 2.21 bits per heavy atom. The van der Waals surface area contributed by atoms with E-state index >= 15 is 0 Å². The first-order valence-corrected chi connectivity index (χ1v) is 6.94. The van der Waals surface area contributed by atoms with Gasteiger partial charge in [-0.1, -0.05) is 19.9 Å². The summed E-state index contributed by atoms with van der Waals surface area (Å²) in [5.74, 6) is 0.699. The van der Waals surface area contributed by atoms with Crippen molar-refractivity contribution < 1.29 is 9.90 Å². The van der Waals surface area contributed by atoms with Gasteiger partial charge in [-0.25, -0.2) is 0 Å². The Morgan fingerprint density at radius 1 is 1.47 bits per heavy atom. The molecule has 0 radical (unpaired) electrons. The molecule has 1 amide bonds. The Bertz CT molecular complexity index is 413. The number of amides is 1. The smallest absolute Gasteiger partial charge is 0.220 e. The van der Waals surface area contributed by atoms with E-state index in [-0.39, 0.29) is 18.1 Å². The minimum atomic E-state index is -0.224. The predicted octanol–water partition coefficient (Wildman–Crippen LogP) is 2.06. The highest BCUT2D eigenvalue weighted by Gasteiger charge is 2.36. The number of pyridine rings is 1. The highest BCUT2D eigenvalue weighted by atomic mass is 16.3. The van der Waals surface area contributed by atoms with Crippen molar-refractivity contribution in [3.8, 4) is 0 Å². The van der Waals surface area contributed by atoms with Crippen LogP contribution in [0.15, 0.2) is 24.4 Å². The normalized spacial score (nSPS) is 23.8. The van der Waals surface area contributed by atoms with Gasteiger partial charge >= 0.3 is 0 Å². The fraction of sp³-hybridized carbons (Fsp3) is 0.600. The molecule has 1 aromatic rings. The first-order chi connectivity index (χ1) is 9.06. The zero-order chi connectivity index (χ0) is 13.8. The minimum Gasteiger partial charge on any atom is -0.393 e. The van der Waals surface area contributed by atoms with Gasteiger partial charge in [-0.05, 0) is 36.8 Å². The summed E-state index contributed by atoms with van der Waals surface area (Å²) in [5.41, 5.74) is 0.886. The second-order valence-corrected chi connectivity index (χ2v) is 5.78. The Morgan fingerprint density at radius 3 is 2.74 bits per heavy atom. The van der Waals surface area contributed by atoms with Crippen LogP contribution < -0.4 is 5.32 Å². The number of hydrogen-bond acceptors (Lipinski definition) is 3. The maximum absolute atomic E-state index is 12.0. The third-order valence-electron chi connectivity index (χ3n) is 3.54. The van der Waals surface area contributed by atoms with Crippen molar-refractivity contribution in [3.63, 3.8) is 0 Å². The van der Waals surface area contributed by atoms with Gasteiger partial charge in [0.15, 0.2) is 0 Å². The number of carbonyl (C=O) groups excluding carboxylic acids is 1. The standard InChI is InChI=1S/C15H22N2O2/c1-10(2)7-14(19)17-15(11-8-12(18)9-11)13-5-3-4-6-16-13/h3-6,10-12,15,18H,7-9H2,1-2H3,(H,17,19). The highest BCUT2D eigenvalue weighted by Crippen LogP contribution is 2.37. The van der Waals surface area contributed by atoms with Crippen LogP contribution in [0.1, 0.15) is 44.8 Å². The molecule has 104 valence electrons. The van der Waals surface area contributed by atoms with Crippen molar-refractivity contribution in [2.24, 2.45) is 11.8 Å². The molecule has 2 rings (SSSR count). The quantitative estimate of drug-likeness (QED) is 0.853. The molecule has 4 heteroatoms. The first kappa shape index (κ1) is 14.0. The van der Waals surface area contributed by atoms with Gasteiger partial charge in [0.25, 0.3) is 0 Å². The van der Waals surface area contributed by atoms with E-state index < -0.39 is 0 Å². The van der Waals surface area contributed by atoms with E-state index in [4.69, 9.17) is 0 Å². The van der Waals surface area contributed by atoms with Gasteiger partial charge in [0.1, 0.15) is 0 Å². The van der Waals surface area contributed by atoms with Crippen LogP contribution in [0.3, 0.4) is 0 Å². The summed E-state index contributed by atoms with van der Waals surface area (Å²) >= 11 is 0. The van der Waals surface area contributed by atoms with Crippen LogP contribution in [0.4, 0.5) is 0 Å². The van der Waals surface area contributed by atoms with Crippen molar-refractivity contribution in [1.29, 1.82) is 0 Å². The molecule has 1 heterocycles. The Labute approximate surface area is 114 Å². The second-order valence-electron chi connectivity index (χ2n) is 5.78. The van der Waals surface area contributed by atoms with E-state index in [2.05, 4.69) is 10.3 Å². The molecule has 1 unspecified atom stereocenters. The lowest BCUT2D eigenvalue weighted by Crippen LogP contribution is -2.42. The third kappa shape index (κ3) is 3.77. The number of aromatic nitrogens is 1. The van der Waals surface area contributed by atoms with Gasteiger partial charge < -0.3 is 10.4 Å². The molecule has 1 saturated carbocycles. The monoisotopic (exact) mass is 262 g/mol. The topological polar surface area (TPSA) is 62.2 Å². The van der Waals surface area contributed by atoms with Gasteiger partial charge in [-0.15, -0.1) is 0 Å². The number of hydrogen-bond donors (Lipinski definition) is 2. The fourth-order valence-corrected chi connectivity index (χ4v) is 2.50. The lowest BCUT2D eigenvalue weighted by molar-refractivity contribution is -0.123. The van der Waals surface area contributed by atoms with Crippen LogP contribution in [0.2, 0.25) is 0 Å². The Kier molecular flexibility index (Phi) is 4.53. The van der Waals surface area contributed by atoms with Gasteiger partial charge in [-0.3, -0.25) is 9.78 Å². The minimum absolute atomic E-state index is 0.0621. The van der Waals surface area contributed by atoms with Crippen molar-refractivity contribution in [2.45, 2.75) is 45.3 Å². The average molecular weight is 262 g/mol. The van der Waals surface area contributed by atoms with Crippen molar-refractivity contribution in [3.05, 3.63) is 30.1 Å². The fourth-order valence-electron chi connectivity index (χ4n) is 2.50. The zero-order valence-corrected chi connectivity index (χ0v) is 11.5. The summed E-state index contributed by atoms with van der Waals surface area (Å²) in [6, 6.07) is 5.66. The molecule has 19 heavy (non-hydrogen) atoms. The van der Waals surface area contributed by atoms with Gasteiger partial charge in [0.2, 0.25) is 5.91 Å². The van der Waals surface area contributed by atoms with Crippen molar-refractivity contribution in [2.75, 3.05) is 0 Å². The van der Waals surface area contributed by atoms with Crippen LogP contribution >= 0.6 is 0 Å². The molecule has 1 aliphatic carbocycles. The summed E-state index contributed by atoms with van der Waals surface area (Å²) in [6.07, 6.45) is 3.52. The average Bonchev–Trinajstić information content (AvgIpc) is 2.33. The van der Waals surface area contributed by atoms with E-state index in [9.17, 15) is 9.90 Å². The van der Waals surface area contributed by atoms with E-state index in [1.54, 1.807) is 6.20 Å². The van der Waals surface area contributed by atoms with E-state index in [0.29, 0.717) is 18.3 Å². The van der Waals surface area contributed by atoms with Gasteiger partial charge in [0, 0.05) is 12.6 Å². The molecule has 0 aromatic carbocycles. The molecule has 1 fully saturated rings. The number of nitrogens with zero attached hydrogens (tertiary/aromatic N) is 1. The van der Waals surface area contributed by atoms with E-state index in [1.807, 2.05) is 32.0 Å². The molecular weight excluding hydrogens is 240 g/mol.